The highest BCUT2D eigenvalue weighted by Crippen LogP contribution is 2.24. The Bertz CT molecular complexity index is 379. The number of carboxylic acid groups (broad SMARTS) is 1. The van der Waals surface area contributed by atoms with Gasteiger partial charge in [-0.15, -0.1) is 23.1 Å². The van der Waals surface area contributed by atoms with Crippen LogP contribution in [0.4, 0.5) is 0 Å². The van der Waals surface area contributed by atoms with Crippen molar-refractivity contribution in [3.8, 4) is 0 Å². The number of aliphatic carboxylic acids is 1. The summed E-state index contributed by atoms with van der Waals surface area (Å²) in [6.07, 6.45) is 1.47. The van der Waals surface area contributed by atoms with Crippen LogP contribution in [0.15, 0.2) is 11.7 Å². The summed E-state index contributed by atoms with van der Waals surface area (Å²) in [5.74, 6) is -0.291. The minimum atomic E-state index is -0.946. The largest absolute Gasteiger partial charge is 0.480 e. The zero-order valence-corrected chi connectivity index (χ0v) is 9.25. The van der Waals surface area contributed by atoms with Gasteiger partial charge in [0, 0.05) is 5.75 Å². The Hall–Kier alpha value is -1.08. The van der Waals surface area contributed by atoms with E-state index in [1.165, 1.54) is 34.2 Å². The third kappa shape index (κ3) is 1.98. The fourth-order valence-electron chi connectivity index (χ4n) is 1.31. The van der Waals surface area contributed by atoms with Crippen molar-refractivity contribution in [2.24, 2.45) is 0 Å². The van der Waals surface area contributed by atoms with Crippen LogP contribution < -0.4 is 0 Å². The molecule has 2 heterocycles. The molecule has 80 valence electrons. The molecule has 0 radical (unpaired) electrons. The van der Waals surface area contributed by atoms with E-state index in [1.807, 2.05) is 0 Å². The molecule has 2 rings (SSSR count). The Balaban J connectivity index is 2.17. The van der Waals surface area contributed by atoms with Crippen LogP contribution in [-0.2, 0) is 4.79 Å². The third-order valence-corrected chi connectivity index (χ3v) is 3.84. The SMILES string of the molecule is O=C(O)C1CSCN1C(=O)c1cncs1. The predicted molar refractivity (Wildman–Crippen MR) is 57.0 cm³/mol. The number of amides is 1. The van der Waals surface area contributed by atoms with Gasteiger partial charge in [-0.05, 0) is 0 Å². The lowest BCUT2D eigenvalue weighted by Gasteiger charge is -2.19. The van der Waals surface area contributed by atoms with Crippen LogP contribution in [0.5, 0.6) is 0 Å². The van der Waals surface area contributed by atoms with E-state index in [0.717, 1.165) is 0 Å². The molecule has 1 atom stereocenters. The molecule has 0 aliphatic carbocycles. The summed E-state index contributed by atoms with van der Waals surface area (Å²) in [6, 6.07) is -0.704. The molecule has 1 amide bonds. The van der Waals surface area contributed by atoms with E-state index < -0.39 is 12.0 Å². The number of carbonyl (C=O) groups excluding carboxylic acids is 1. The fourth-order valence-corrected chi connectivity index (χ4v) is 3.03. The first-order valence-electron chi connectivity index (χ1n) is 4.20. The lowest BCUT2D eigenvalue weighted by atomic mass is 10.3. The van der Waals surface area contributed by atoms with E-state index in [1.54, 1.807) is 5.51 Å². The second-order valence-corrected chi connectivity index (χ2v) is 4.88. The van der Waals surface area contributed by atoms with E-state index in [9.17, 15) is 9.59 Å². The van der Waals surface area contributed by atoms with Gasteiger partial charge in [-0.2, -0.15) is 0 Å². The molecular weight excluding hydrogens is 236 g/mol. The average Bonchev–Trinajstić information content (AvgIpc) is 2.88. The van der Waals surface area contributed by atoms with Gasteiger partial charge in [0.2, 0.25) is 0 Å². The molecule has 0 bridgehead atoms. The Morgan fingerprint density at radius 3 is 3.00 bits per heavy atom. The Morgan fingerprint density at radius 2 is 2.40 bits per heavy atom. The highest BCUT2D eigenvalue weighted by Gasteiger charge is 2.35. The number of hydrogen-bond donors (Lipinski definition) is 1. The number of thiazole rings is 1. The minimum absolute atomic E-state index is 0.241. The molecule has 1 N–H and O–H groups in total. The quantitative estimate of drug-likeness (QED) is 0.831. The molecule has 1 aromatic rings. The molecule has 0 aromatic carbocycles. The predicted octanol–water partition coefficient (Wildman–Crippen LogP) is 0.743. The van der Waals surface area contributed by atoms with Gasteiger partial charge in [0.1, 0.15) is 10.9 Å². The first-order valence-corrected chi connectivity index (χ1v) is 6.23. The second kappa shape index (κ2) is 4.19. The molecule has 1 aliphatic heterocycles. The highest BCUT2D eigenvalue weighted by molar-refractivity contribution is 7.99. The lowest BCUT2D eigenvalue weighted by Crippen LogP contribution is -2.41. The van der Waals surface area contributed by atoms with Crippen LogP contribution in [-0.4, -0.2) is 44.5 Å². The minimum Gasteiger partial charge on any atom is -0.480 e. The second-order valence-electron chi connectivity index (χ2n) is 2.99. The maximum absolute atomic E-state index is 11.8. The van der Waals surface area contributed by atoms with Crippen molar-refractivity contribution in [2.45, 2.75) is 6.04 Å². The number of carbonyl (C=O) groups is 2. The maximum Gasteiger partial charge on any atom is 0.327 e. The van der Waals surface area contributed by atoms with Crippen LogP contribution in [0, 0.1) is 0 Å². The van der Waals surface area contributed by atoms with E-state index in [-0.39, 0.29) is 5.91 Å². The van der Waals surface area contributed by atoms with Crippen LogP contribution in [0.25, 0.3) is 0 Å². The number of rotatable bonds is 2. The fraction of sp³-hybridized carbons (Fsp3) is 0.375. The van der Waals surface area contributed by atoms with Gasteiger partial charge < -0.3 is 10.0 Å². The van der Waals surface area contributed by atoms with Crippen molar-refractivity contribution < 1.29 is 14.7 Å². The molecular formula is C8H8N2O3S2. The number of nitrogens with zero attached hydrogens (tertiary/aromatic N) is 2. The first kappa shape index (κ1) is 10.4. The number of hydrogen-bond acceptors (Lipinski definition) is 5. The third-order valence-electron chi connectivity index (χ3n) is 2.07. The summed E-state index contributed by atoms with van der Waals surface area (Å²) in [4.78, 5) is 28.4. The molecule has 1 saturated heterocycles. The van der Waals surface area contributed by atoms with Crippen molar-refractivity contribution in [2.75, 3.05) is 11.6 Å². The first-order chi connectivity index (χ1) is 7.20. The zero-order valence-electron chi connectivity index (χ0n) is 7.62. The van der Waals surface area contributed by atoms with Crippen molar-refractivity contribution in [1.29, 1.82) is 0 Å². The van der Waals surface area contributed by atoms with Crippen molar-refractivity contribution in [3.05, 3.63) is 16.6 Å². The van der Waals surface area contributed by atoms with Crippen molar-refractivity contribution in [3.63, 3.8) is 0 Å². The van der Waals surface area contributed by atoms with Gasteiger partial charge in [-0.3, -0.25) is 9.78 Å². The van der Waals surface area contributed by atoms with Gasteiger partial charge in [-0.1, -0.05) is 0 Å². The van der Waals surface area contributed by atoms with Crippen LogP contribution in [0.1, 0.15) is 9.67 Å². The number of aromatic nitrogens is 1. The van der Waals surface area contributed by atoms with Gasteiger partial charge in [0.15, 0.2) is 0 Å². The average molecular weight is 244 g/mol. The molecule has 1 aromatic heterocycles. The van der Waals surface area contributed by atoms with Crippen LogP contribution >= 0.6 is 23.1 Å². The maximum atomic E-state index is 11.8. The Kier molecular flexibility index (Phi) is 2.92. The summed E-state index contributed by atoms with van der Waals surface area (Å²) in [5.41, 5.74) is 1.56. The van der Waals surface area contributed by atoms with Crippen LogP contribution in [0.3, 0.4) is 0 Å². The summed E-state index contributed by atoms with van der Waals surface area (Å²) < 4.78 is 0. The number of thioether (sulfide) groups is 1. The molecule has 0 saturated carbocycles. The molecule has 7 heteroatoms. The van der Waals surface area contributed by atoms with Crippen molar-refractivity contribution in [1.82, 2.24) is 9.88 Å². The summed E-state index contributed by atoms with van der Waals surface area (Å²) >= 11 is 2.68. The van der Waals surface area contributed by atoms with E-state index in [2.05, 4.69) is 4.98 Å². The summed E-state index contributed by atoms with van der Waals surface area (Å²) in [6.45, 7) is 0. The molecule has 0 spiro atoms. The molecule has 1 unspecified atom stereocenters. The highest BCUT2D eigenvalue weighted by atomic mass is 32.2. The van der Waals surface area contributed by atoms with Crippen LogP contribution in [0.2, 0.25) is 0 Å². The Morgan fingerprint density at radius 1 is 1.60 bits per heavy atom. The standard InChI is InChI=1S/C8H8N2O3S2/c11-7(6-1-9-3-15-6)10-4-14-2-5(10)8(12)13/h1,3,5H,2,4H2,(H,12,13). The van der Waals surface area contributed by atoms with Gasteiger partial charge in [-0.25, -0.2) is 4.79 Å². The van der Waals surface area contributed by atoms with Crippen molar-refractivity contribution >= 4 is 35.0 Å². The van der Waals surface area contributed by atoms with Gasteiger partial charge in [0.05, 0.1) is 17.6 Å². The number of carboxylic acids is 1. The molecule has 1 fully saturated rings. The monoisotopic (exact) mass is 244 g/mol. The molecule has 15 heavy (non-hydrogen) atoms. The topological polar surface area (TPSA) is 70.5 Å². The summed E-state index contributed by atoms with van der Waals surface area (Å²) in [5, 5.41) is 8.91. The van der Waals surface area contributed by atoms with Gasteiger partial charge >= 0.3 is 5.97 Å². The molecule has 5 nitrogen and oxygen atoms in total. The van der Waals surface area contributed by atoms with E-state index >= 15 is 0 Å². The zero-order chi connectivity index (χ0) is 10.8. The Labute approximate surface area is 94.1 Å². The normalized spacial score (nSPS) is 20.5. The van der Waals surface area contributed by atoms with E-state index in [4.69, 9.17) is 5.11 Å². The smallest absolute Gasteiger partial charge is 0.327 e. The lowest BCUT2D eigenvalue weighted by molar-refractivity contribution is -0.140. The van der Waals surface area contributed by atoms with Gasteiger partial charge in [0.25, 0.3) is 5.91 Å². The molecule has 1 aliphatic rings. The summed E-state index contributed by atoms with van der Waals surface area (Å²) in [7, 11) is 0. The van der Waals surface area contributed by atoms with E-state index in [0.29, 0.717) is 16.5 Å².